The van der Waals surface area contributed by atoms with Crippen molar-refractivity contribution < 1.29 is 22.3 Å². The molecule has 2 N–H and O–H groups in total. The molecule has 0 amide bonds. The number of rotatable bonds is 4. The highest BCUT2D eigenvalue weighted by molar-refractivity contribution is 6.34. The van der Waals surface area contributed by atoms with Gasteiger partial charge in [-0.2, -0.15) is 23.1 Å². The van der Waals surface area contributed by atoms with Crippen molar-refractivity contribution in [3.05, 3.63) is 34.1 Å². The quantitative estimate of drug-likeness (QED) is 0.461. The molecule has 0 saturated carbocycles. The van der Waals surface area contributed by atoms with Crippen LogP contribution in [0.3, 0.4) is 0 Å². The van der Waals surface area contributed by atoms with Crippen molar-refractivity contribution in [1.82, 2.24) is 19.9 Å². The molecule has 2 aromatic heterocycles. The molecular weight excluding hydrogens is 500 g/mol. The van der Waals surface area contributed by atoms with Gasteiger partial charge < -0.3 is 15.4 Å². The molecule has 1 fully saturated rings. The third-order valence-corrected chi connectivity index (χ3v) is 6.74. The summed E-state index contributed by atoms with van der Waals surface area (Å²) in [5.74, 6) is -0.854. The summed E-state index contributed by atoms with van der Waals surface area (Å²) in [5.41, 5.74) is 2.98. The predicted octanol–water partition coefficient (Wildman–Crippen LogP) is 5.32. The van der Waals surface area contributed by atoms with E-state index < -0.39 is 28.8 Å². The molecule has 0 radical (unpaired) electrons. The zero-order chi connectivity index (χ0) is 26.5. The fourth-order valence-corrected chi connectivity index (χ4v) is 4.98. The lowest BCUT2D eigenvalue weighted by Gasteiger charge is -2.42. The molecule has 1 aliphatic heterocycles. The molecule has 1 aromatic carbocycles. The number of methoxy groups -OCH3 is 1. The average Bonchev–Trinajstić information content (AvgIpc) is 2.77. The Morgan fingerprint density at radius 1 is 1.17 bits per heavy atom. The molecule has 7 nitrogen and oxygen atoms in total. The van der Waals surface area contributed by atoms with Gasteiger partial charge in [-0.3, -0.25) is 4.90 Å². The number of hydrogen-bond acceptors (Lipinski definition) is 7. The molecule has 1 aliphatic rings. The van der Waals surface area contributed by atoms with E-state index in [-0.39, 0.29) is 39.4 Å². The molecule has 0 unspecified atom stereocenters. The van der Waals surface area contributed by atoms with E-state index >= 15 is 4.39 Å². The van der Waals surface area contributed by atoms with Crippen LogP contribution in [0, 0.1) is 12.7 Å². The van der Waals surface area contributed by atoms with Crippen LogP contribution in [0.5, 0.6) is 6.01 Å². The number of anilines is 2. The third-order valence-electron chi connectivity index (χ3n) is 6.44. The van der Waals surface area contributed by atoms with Gasteiger partial charge in [-0.25, -0.2) is 9.37 Å². The van der Waals surface area contributed by atoms with Gasteiger partial charge in [0, 0.05) is 37.1 Å². The van der Waals surface area contributed by atoms with Crippen molar-refractivity contribution >= 4 is 34.1 Å². The Morgan fingerprint density at radius 3 is 2.44 bits per heavy atom. The van der Waals surface area contributed by atoms with Crippen molar-refractivity contribution in [3.63, 3.8) is 0 Å². The van der Waals surface area contributed by atoms with E-state index in [1.54, 1.807) is 0 Å². The number of benzene rings is 1. The lowest BCUT2D eigenvalue weighted by molar-refractivity contribution is -0.137. The van der Waals surface area contributed by atoms with Gasteiger partial charge in [-0.05, 0) is 45.4 Å². The number of piperazine rings is 1. The van der Waals surface area contributed by atoms with E-state index in [0.29, 0.717) is 18.4 Å². The smallest absolute Gasteiger partial charge is 0.418 e. The second kappa shape index (κ2) is 9.51. The molecule has 194 valence electrons. The molecule has 0 aliphatic carbocycles. The Kier molecular flexibility index (Phi) is 6.91. The molecule has 3 aromatic rings. The van der Waals surface area contributed by atoms with E-state index in [0.717, 1.165) is 19.2 Å². The summed E-state index contributed by atoms with van der Waals surface area (Å²) in [5, 5.41) is 0.00701. The second-order valence-electron chi connectivity index (χ2n) is 9.19. The number of halogens is 5. The van der Waals surface area contributed by atoms with Gasteiger partial charge >= 0.3 is 12.2 Å². The minimum absolute atomic E-state index is 0.0144. The minimum atomic E-state index is -4.81. The van der Waals surface area contributed by atoms with E-state index in [4.69, 9.17) is 22.1 Å². The second-order valence-corrected chi connectivity index (χ2v) is 9.60. The molecule has 3 heterocycles. The topological polar surface area (TPSA) is 80.4 Å². The number of aryl methyl sites for hydroxylation is 1. The van der Waals surface area contributed by atoms with Crippen LogP contribution in [-0.2, 0) is 6.18 Å². The molecule has 1 atom stereocenters. The number of pyridine rings is 1. The number of hydrogen-bond donors (Lipinski definition) is 1. The molecule has 1 saturated heterocycles. The Bertz CT molecular complexity index is 1320. The summed E-state index contributed by atoms with van der Waals surface area (Å²) >= 11 is 6.45. The maximum atomic E-state index is 16.1. The zero-order valence-corrected chi connectivity index (χ0v) is 21.3. The number of fused-ring (bicyclic) bond motifs is 1. The molecule has 4 rings (SSSR count). The summed E-state index contributed by atoms with van der Waals surface area (Å²) < 4.78 is 63.2. The van der Waals surface area contributed by atoms with Gasteiger partial charge in [0.1, 0.15) is 17.2 Å². The van der Waals surface area contributed by atoms with E-state index in [2.05, 4.69) is 33.7 Å². The summed E-state index contributed by atoms with van der Waals surface area (Å²) in [7, 11) is 1.34. The monoisotopic (exact) mass is 526 g/mol. The van der Waals surface area contributed by atoms with Crippen LogP contribution in [0.4, 0.5) is 29.2 Å². The fourth-order valence-electron chi connectivity index (χ4n) is 4.69. The molecule has 36 heavy (non-hydrogen) atoms. The number of nitrogens with zero attached hydrogens (tertiary/aromatic N) is 5. The summed E-state index contributed by atoms with van der Waals surface area (Å²) in [6, 6.07) is 2.72. The first-order chi connectivity index (χ1) is 16.8. The highest BCUT2D eigenvalue weighted by Crippen LogP contribution is 2.44. The van der Waals surface area contributed by atoms with Crippen LogP contribution < -0.4 is 15.4 Å². The van der Waals surface area contributed by atoms with Gasteiger partial charge in [0.2, 0.25) is 0 Å². The average molecular weight is 527 g/mol. The Balaban J connectivity index is 1.97. The van der Waals surface area contributed by atoms with Gasteiger partial charge in [0.05, 0.1) is 29.0 Å². The van der Waals surface area contributed by atoms with E-state index in [9.17, 15) is 13.2 Å². The van der Waals surface area contributed by atoms with Crippen molar-refractivity contribution in [2.75, 3.05) is 37.4 Å². The third kappa shape index (κ3) is 4.61. The predicted molar refractivity (Wildman–Crippen MR) is 132 cm³/mol. The fraction of sp³-hybridized carbons (Fsp3) is 0.458. The number of ether oxygens (including phenoxy) is 1. The first-order valence-electron chi connectivity index (χ1n) is 11.4. The number of alkyl halides is 3. The Labute approximate surface area is 211 Å². The van der Waals surface area contributed by atoms with E-state index in [1.165, 1.54) is 20.1 Å². The van der Waals surface area contributed by atoms with Gasteiger partial charge in [0.25, 0.3) is 0 Å². The normalized spacial score (nSPS) is 17.3. The van der Waals surface area contributed by atoms with Crippen molar-refractivity contribution in [2.24, 2.45) is 0 Å². The minimum Gasteiger partial charge on any atom is -0.467 e. The highest BCUT2D eigenvalue weighted by atomic mass is 35.5. The number of nitrogens with two attached hydrogens (primary N) is 1. The Hall–Kier alpha value is -2.92. The summed E-state index contributed by atoms with van der Waals surface area (Å²) in [6.07, 6.45) is -4.81. The number of nitrogen functional groups attached to an aromatic ring is 1. The lowest BCUT2D eigenvalue weighted by Crippen LogP contribution is -2.54. The first-order valence-corrected chi connectivity index (χ1v) is 11.8. The van der Waals surface area contributed by atoms with Crippen molar-refractivity contribution in [1.29, 1.82) is 0 Å². The van der Waals surface area contributed by atoms with E-state index in [1.807, 2.05) is 11.8 Å². The molecule has 0 spiro atoms. The zero-order valence-electron chi connectivity index (χ0n) is 20.5. The summed E-state index contributed by atoms with van der Waals surface area (Å²) in [4.78, 5) is 16.8. The molecule has 0 bridgehead atoms. The summed E-state index contributed by atoms with van der Waals surface area (Å²) in [6.45, 7) is 9.60. The van der Waals surface area contributed by atoms with Crippen LogP contribution in [-0.4, -0.2) is 58.7 Å². The van der Waals surface area contributed by atoms with Crippen LogP contribution >= 0.6 is 11.6 Å². The Morgan fingerprint density at radius 2 is 1.86 bits per heavy atom. The van der Waals surface area contributed by atoms with Crippen molar-refractivity contribution in [2.45, 2.75) is 46.0 Å². The maximum absolute atomic E-state index is 16.1. The first kappa shape index (κ1) is 26.2. The highest BCUT2D eigenvalue weighted by Gasteiger charge is 2.39. The van der Waals surface area contributed by atoms with Crippen LogP contribution in [0.25, 0.3) is 22.2 Å². The van der Waals surface area contributed by atoms with Gasteiger partial charge in [-0.15, -0.1) is 0 Å². The van der Waals surface area contributed by atoms with Gasteiger partial charge in [-0.1, -0.05) is 11.6 Å². The van der Waals surface area contributed by atoms with Crippen LogP contribution in [0.2, 0.25) is 5.02 Å². The number of aromatic nitrogens is 3. The SMILES string of the molecule is COc1nc(N2CCN(C(C)C)C[C@H]2C)c2cc(Cl)c(-c3nc(N)cc(C)c3C(F)(F)F)c(F)c2n1. The van der Waals surface area contributed by atoms with Crippen molar-refractivity contribution in [3.8, 4) is 17.3 Å². The van der Waals surface area contributed by atoms with Crippen LogP contribution in [0.1, 0.15) is 31.9 Å². The molecule has 12 heteroatoms. The van der Waals surface area contributed by atoms with Gasteiger partial charge in [0.15, 0.2) is 5.82 Å². The standard InChI is InChI=1S/C24H27ClF4N6O/c1-11(2)34-6-7-35(13(4)10-34)22-14-9-15(25)17(19(26)20(14)32-23(33-22)36-5)21-18(24(27,28)29)12(3)8-16(30)31-21/h8-9,11,13H,6-7,10H2,1-5H3,(H2,30,31)/t13-/m1/s1. The van der Waals surface area contributed by atoms with Crippen LogP contribution in [0.15, 0.2) is 12.1 Å². The lowest BCUT2D eigenvalue weighted by atomic mass is 9.98. The molecular formula is C24H27ClF4N6O. The largest absolute Gasteiger partial charge is 0.467 e. The maximum Gasteiger partial charge on any atom is 0.418 e.